The van der Waals surface area contributed by atoms with Gasteiger partial charge in [-0.05, 0) is 31.4 Å². The Kier molecular flexibility index (Phi) is 5.07. The van der Waals surface area contributed by atoms with Crippen molar-refractivity contribution < 1.29 is 14.0 Å². The van der Waals surface area contributed by atoms with Crippen molar-refractivity contribution in [3.05, 3.63) is 59.5 Å². The Morgan fingerprint density at radius 1 is 1.08 bits per heavy atom. The minimum atomic E-state index is -0.420. The van der Waals surface area contributed by atoms with Crippen LogP contribution in [0.2, 0.25) is 0 Å². The molecule has 0 atom stereocenters. The van der Waals surface area contributed by atoms with Crippen molar-refractivity contribution in [2.75, 3.05) is 6.54 Å². The number of hydrogen-bond donors (Lipinski definition) is 3. The first-order valence-electron chi connectivity index (χ1n) is 8.54. The van der Waals surface area contributed by atoms with Gasteiger partial charge in [0.1, 0.15) is 5.76 Å². The van der Waals surface area contributed by atoms with Gasteiger partial charge in [0.2, 0.25) is 0 Å². The lowest BCUT2D eigenvalue weighted by molar-refractivity contribution is 0.0934. The zero-order valence-corrected chi connectivity index (χ0v) is 14.3. The molecule has 3 amide bonds. The number of furan rings is 1. The summed E-state index contributed by atoms with van der Waals surface area (Å²) in [6.07, 6.45) is 5.87. The van der Waals surface area contributed by atoms with Crippen molar-refractivity contribution in [3.8, 4) is 0 Å². The number of hydrazine groups is 1. The number of hydrogen-bond acceptors (Lipinski definition) is 3. The highest BCUT2D eigenvalue weighted by Gasteiger charge is 2.35. The quantitative estimate of drug-likeness (QED) is 0.748. The van der Waals surface area contributed by atoms with Gasteiger partial charge in [0.05, 0.1) is 11.8 Å². The summed E-state index contributed by atoms with van der Waals surface area (Å²) >= 11 is 0. The maximum atomic E-state index is 12.1. The Morgan fingerprint density at radius 3 is 2.44 bits per heavy atom. The van der Waals surface area contributed by atoms with E-state index in [-0.39, 0.29) is 5.41 Å². The second kappa shape index (κ2) is 7.42. The number of nitrogens with one attached hydrogen (secondary N) is 3. The number of rotatable bonds is 4. The van der Waals surface area contributed by atoms with Crippen LogP contribution in [-0.2, 0) is 5.41 Å². The predicted octanol–water partition coefficient (Wildman–Crippen LogP) is 3.04. The Balaban J connectivity index is 1.54. The van der Waals surface area contributed by atoms with Crippen LogP contribution < -0.4 is 16.2 Å². The largest absolute Gasteiger partial charge is 0.469 e. The van der Waals surface area contributed by atoms with Gasteiger partial charge in [-0.3, -0.25) is 10.2 Å². The number of aryl methyl sites for hydroxylation is 1. The summed E-state index contributed by atoms with van der Waals surface area (Å²) in [4.78, 5) is 24.0. The molecule has 0 radical (unpaired) electrons. The Morgan fingerprint density at radius 2 is 1.80 bits per heavy atom. The summed E-state index contributed by atoms with van der Waals surface area (Å²) in [5, 5.41) is 2.89. The zero-order valence-electron chi connectivity index (χ0n) is 14.3. The summed E-state index contributed by atoms with van der Waals surface area (Å²) in [6, 6.07) is 11.4. The molecule has 6 nitrogen and oxygen atoms in total. The van der Waals surface area contributed by atoms with E-state index in [1.807, 2.05) is 18.2 Å². The smallest absolute Gasteiger partial charge is 0.333 e. The lowest BCUT2D eigenvalue weighted by Crippen LogP contribution is -2.50. The summed E-state index contributed by atoms with van der Waals surface area (Å²) in [7, 11) is 0. The fourth-order valence-corrected chi connectivity index (χ4v) is 3.51. The van der Waals surface area contributed by atoms with E-state index >= 15 is 0 Å². The normalized spacial score (nSPS) is 15.6. The maximum absolute atomic E-state index is 12.1. The molecule has 1 aromatic carbocycles. The average molecular weight is 341 g/mol. The topological polar surface area (TPSA) is 83.4 Å². The monoisotopic (exact) mass is 341 g/mol. The summed E-state index contributed by atoms with van der Waals surface area (Å²) in [6.45, 7) is 2.24. The highest BCUT2D eigenvalue weighted by Crippen LogP contribution is 2.40. The molecular weight excluding hydrogens is 318 g/mol. The molecule has 1 heterocycles. The molecule has 1 saturated carbocycles. The number of benzene rings is 1. The van der Waals surface area contributed by atoms with Crippen molar-refractivity contribution in [1.29, 1.82) is 0 Å². The Hall–Kier alpha value is -2.76. The third kappa shape index (κ3) is 3.84. The molecule has 0 unspecified atom stereocenters. The van der Waals surface area contributed by atoms with E-state index in [9.17, 15) is 9.59 Å². The van der Waals surface area contributed by atoms with Crippen molar-refractivity contribution in [3.63, 3.8) is 0 Å². The molecule has 1 fully saturated rings. The van der Waals surface area contributed by atoms with Crippen LogP contribution in [0.3, 0.4) is 0 Å². The molecule has 3 rings (SSSR count). The van der Waals surface area contributed by atoms with E-state index in [0.29, 0.717) is 17.9 Å². The van der Waals surface area contributed by atoms with E-state index in [4.69, 9.17) is 4.42 Å². The van der Waals surface area contributed by atoms with Gasteiger partial charge in [-0.15, -0.1) is 0 Å². The van der Waals surface area contributed by atoms with Crippen molar-refractivity contribution in [1.82, 2.24) is 16.2 Å². The van der Waals surface area contributed by atoms with Gasteiger partial charge in [0, 0.05) is 12.0 Å². The van der Waals surface area contributed by atoms with E-state index in [0.717, 1.165) is 25.7 Å². The van der Waals surface area contributed by atoms with Crippen LogP contribution in [0.25, 0.3) is 0 Å². The molecule has 0 aliphatic heterocycles. The Labute approximate surface area is 147 Å². The zero-order chi connectivity index (χ0) is 17.7. The van der Waals surface area contributed by atoms with Crippen LogP contribution in [0.5, 0.6) is 0 Å². The molecule has 1 aliphatic carbocycles. The molecule has 0 saturated heterocycles. The first kappa shape index (κ1) is 17.1. The van der Waals surface area contributed by atoms with Gasteiger partial charge in [-0.2, -0.15) is 0 Å². The number of carbonyl (C=O) groups excluding carboxylic acids is 2. The van der Waals surface area contributed by atoms with Crippen LogP contribution >= 0.6 is 0 Å². The average Bonchev–Trinajstić information content (AvgIpc) is 3.28. The van der Waals surface area contributed by atoms with Crippen LogP contribution in [-0.4, -0.2) is 18.5 Å². The van der Waals surface area contributed by atoms with Gasteiger partial charge in [-0.1, -0.05) is 43.2 Å². The minimum absolute atomic E-state index is 0.0241. The number of carbonyl (C=O) groups is 2. The van der Waals surface area contributed by atoms with Crippen LogP contribution in [0.15, 0.2) is 47.1 Å². The third-order valence-electron chi connectivity index (χ3n) is 4.93. The minimum Gasteiger partial charge on any atom is -0.469 e. The maximum Gasteiger partial charge on any atom is 0.333 e. The molecule has 0 spiro atoms. The highest BCUT2D eigenvalue weighted by atomic mass is 16.3. The van der Waals surface area contributed by atoms with Crippen LogP contribution in [0, 0.1) is 6.92 Å². The van der Waals surface area contributed by atoms with Crippen molar-refractivity contribution in [2.24, 2.45) is 0 Å². The second-order valence-corrected chi connectivity index (χ2v) is 6.51. The van der Waals surface area contributed by atoms with Gasteiger partial charge in [0.25, 0.3) is 5.91 Å². The van der Waals surface area contributed by atoms with Crippen molar-refractivity contribution >= 4 is 11.9 Å². The first-order valence-corrected chi connectivity index (χ1v) is 8.54. The molecular formula is C19H23N3O3. The van der Waals surface area contributed by atoms with Gasteiger partial charge in [-0.25, -0.2) is 10.2 Å². The molecule has 25 heavy (non-hydrogen) atoms. The van der Waals surface area contributed by atoms with Gasteiger partial charge >= 0.3 is 6.03 Å². The van der Waals surface area contributed by atoms with E-state index in [1.54, 1.807) is 13.0 Å². The fourth-order valence-electron chi connectivity index (χ4n) is 3.51. The molecule has 6 heteroatoms. The molecule has 1 aromatic heterocycles. The van der Waals surface area contributed by atoms with Crippen LogP contribution in [0.1, 0.15) is 47.4 Å². The first-order chi connectivity index (χ1) is 12.1. The molecule has 1 aliphatic rings. The van der Waals surface area contributed by atoms with Crippen molar-refractivity contribution in [2.45, 2.75) is 38.0 Å². The summed E-state index contributed by atoms with van der Waals surface area (Å²) < 4.78 is 5.08. The lowest BCUT2D eigenvalue weighted by Gasteiger charge is -2.30. The SMILES string of the molecule is Cc1occc1C(=O)NNC(=O)NCC1(c2ccccc2)CCCC1. The molecule has 3 N–H and O–H groups in total. The molecule has 2 aromatic rings. The fraction of sp³-hybridized carbons (Fsp3) is 0.368. The summed E-state index contributed by atoms with van der Waals surface area (Å²) in [5.41, 5.74) is 6.42. The summed E-state index contributed by atoms with van der Waals surface area (Å²) in [5.74, 6) is 0.105. The van der Waals surface area contributed by atoms with Crippen LogP contribution in [0.4, 0.5) is 4.79 Å². The second-order valence-electron chi connectivity index (χ2n) is 6.51. The van der Waals surface area contributed by atoms with E-state index in [2.05, 4.69) is 28.3 Å². The standard InChI is InChI=1S/C19H23N3O3/c1-14-16(9-12-25-14)17(23)21-22-18(24)20-13-19(10-5-6-11-19)15-7-3-2-4-8-15/h2-4,7-9,12H,5-6,10-11,13H2,1H3,(H,21,23)(H2,20,22,24). The lowest BCUT2D eigenvalue weighted by atomic mass is 9.79. The molecule has 0 bridgehead atoms. The number of amides is 3. The third-order valence-corrected chi connectivity index (χ3v) is 4.93. The Bertz CT molecular complexity index is 733. The van der Waals surface area contributed by atoms with E-state index in [1.165, 1.54) is 11.8 Å². The number of urea groups is 1. The van der Waals surface area contributed by atoms with E-state index < -0.39 is 11.9 Å². The van der Waals surface area contributed by atoms with Gasteiger partial charge in [0.15, 0.2) is 0 Å². The predicted molar refractivity (Wildman–Crippen MR) is 94.0 cm³/mol. The highest BCUT2D eigenvalue weighted by molar-refractivity contribution is 5.96. The molecule has 132 valence electrons. The van der Waals surface area contributed by atoms with Gasteiger partial charge < -0.3 is 9.73 Å².